The first-order valence-corrected chi connectivity index (χ1v) is 12.1. The zero-order valence-corrected chi connectivity index (χ0v) is 21.0. The summed E-state index contributed by atoms with van der Waals surface area (Å²) in [7, 11) is 1.79. The van der Waals surface area contributed by atoms with Gasteiger partial charge in [0.15, 0.2) is 5.78 Å². The van der Waals surface area contributed by atoms with Gasteiger partial charge in [-0.3, -0.25) is 4.79 Å². The maximum atomic E-state index is 12.5. The van der Waals surface area contributed by atoms with E-state index in [1.807, 2.05) is 32.9 Å². The molecule has 1 fully saturated rings. The largest absolute Gasteiger partial charge is 0.381 e. The molecule has 0 bridgehead atoms. The minimum atomic E-state index is 0.0337. The number of rotatable bonds is 5. The summed E-state index contributed by atoms with van der Waals surface area (Å²) in [5.41, 5.74) is 8.23. The zero-order chi connectivity index (χ0) is 24.7. The van der Waals surface area contributed by atoms with Crippen LogP contribution in [0.15, 0.2) is 47.0 Å². The van der Waals surface area contributed by atoms with Gasteiger partial charge >= 0.3 is 0 Å². The number of pyridine rings is 1. The van der Waals surface area contributed by atoms with Gasteiger partial charge in [0.1, 0.15) is 5.76 Å². The molecule has 0 amide bonds. The fourth-order valence-electron chi connectivity index (χ4n) is 5.14. The number of methoxy groups -OCH3 is 1. The molecule has 2 aromatic heterocycles. The van der Waals surface area contributed by atoms with E-state index in [1.54, 1.807) is 14.0 Å². The number of nitrogens with zero attached hydrogens (tertiary/aromatic N) is 3. The number of hydrogen-bond donors (Lipinski definition) is 0. The number of ketones is 1. The minimum Gasteiger partial charge on any atom is -0.381 e. The van der Waals surface area contributed by atoms with Gasteiger partial charge in [0.2, 0.25) is 0 Å². The number of aryl methyl sites for hydroxylation is 3. The maximum absolute atomic E-state index is 12.5. The number of Topliss-reactive ketones (excluding diaryl/α,β-unsaturated/α-hetero) is 1. The number of fused-ring (bicyclic) bond motifs is 1. The van der Waals surface area contributed by atoms with Crippen LogP contribution in [0.4, 0.5) is 5.69 Å². The highest BCUT2D eigenvalue weighted by Gasteiger charge is 2.22. The summed E-state index contributed by atoms with van der Waals surface area (Å²) in [5, 5.41) is 5.03. The predicted molar refractivity (Wildman–Crippen MR) is 139 cm³/mol. The molecule has 1 aliphatic heterocycles. The lowest BCUT2D eigenvalue weighted by Crippen LogP contribution is -2.36. The molecule has 5 rings (SSSR count). The van der Waals surface area contributed by atoms with Crippen LogP contribution < -0.4 is 4.90 Å². The molecule has 0 saturated carbocycles. The minimum absolute atomic E-state index is 0.0337. The Labute approximate surface area is 205 Å². The van der Waals surface area contributed by atoms with Crippen LogP contribution in [0.25, 0.3) is 33.3 Å². The lowest BCUT2D eigenvalue weighted by molar-refractivity contribution is 0.0819. The van der Waals surface area contributed by atoms with Crippen molar-refractivity contribution in [2.24, 2.45) is 0 Å². The number of benzene rings is 2. The van der Waals surface area contributed by atoms with Crippen LogP contribution in [0.3, 0.4) is 0 Å². The third-order valence-electron chi connectivity index (χ3n) is 7.05. The topological polar surface area (TPSA) is 68.5 Å². The van der Waals surface area contributed by atoms with E-state index >= 15 is 0 Å². The van der Waals surface area contributed by atoms with Crippen molar-refractivity contribution >= 4 is 22.4 Å². The highest BCUT2D eigenvalue weighted by Crippen LogP contribution is 2.38. The Morgan fingerprint density at radius 2 is 1.77 bits per heavy atom. The van der Waals surface area contributed by atoms with E-state index in [0.29, 0.717) is 11.7 Å². The fraction of sp³-hybridized carbons (Fsp3) is 0.345. The van der Waals surface area contributed by atoms with E-state index < -0.39 is 0 Å². The van der Waals surface area contributed by atoms with E-state index in [1.165, 1.54) is 5.69 Å². The summed E-state index contributed by atoms with van der Waals surface area (Å²) < 4.78 is 11.0. The van der Waals surface area contributed by atoms with Gasteiger partial charge in [-0.05, 0) is 82.0 Å². The highest BCUT2D eigenvalue weighted by molar-refractivity contribution is 6.08. The molecule has 180 valence electrons. The van der Waals surface area contributed by atoms with Gasteiger partial charge in [0.05, 0.1) is 28.6 Å². The van der Waals surface area contributed by atoms with E-state index in [4.69, 9.17) is 14.2 Å². The van der Waals surface area contributed by atoms with E-state index in [2.05, 4.69) is 40.4 Å². The van der Waals surface area contributed by atoms with Crippen LogP contribution in [-0.2, 0) is 4.74 Å². The number of anilines is 1. The molecule has 0 N–H and O–H groups in total. The average Bonchev–Trinajstić information content (AvgIpc) is 3.20. The SMILES string of the molecule is COC1CCN(c2ccc(-c3cc4c(C(C)=O)cc(C)cc4nc3-c3c(C)noc3C)cc2)CC1. The molecule has 6 heteroatoms. The van der Waals surface area contributed by atoms with Crippen LogP contribution in [-0.4, -0.2) is 42.2 Å². The number of piperidine rings is 1. The molecule has 0 unspecified atom stereocenters. The van der Waals surface area contributed by atoms with Crippen molar-refractivity contribution in [3.63, 3.8) is 0 Å². The predicted octanol–water partition coefficient (Wildman–Crippen LogP) is 6.30. The van der Waals surface area contributed by atoms with Gasteiger partial charge in [0, 0.05) is 42.4 Å². The van der Waals surface area contributed by atoms with Crippen molar-refractivity contribution < 1.29 is 14.1 Å². The second kappa shape index (κ2) is 9.27. The van der Waals surface area contributed by atoms with Crippen molar-refractivity contribution in [2.75, 3.05) is 25.1 Å². The molecule has 35 heavy (non-hydrogen) atoms. The van der Waals surface area contributed by atoms with Gasteiger partial charge in [-0.1, -0.05) is 17.3 Å². The van der Waals surface area contributed by atoms with Crippen LogP contribution in [0, 0.1) is 20.8 Å². The quantitative estimate of drug-likeness (QED) is 0.320. The van der Waals surface area contributed by atoms with Crippen molar-refractivity contribution in [3.8, 4) is 22.4 Å². The van der Waals surface area contributed by atoms with Crippen molar-refractivity contribution in [1.29, 1.82) is 0 Å². The molecule has 6 nitrogen and oxygen atoms in total. The standard InChI is InChI=1S/C29H31N3O3/c1-17-14-24(19(3)33)26-16-25(29(30-27(26)15-17)28-18(2)31-35-20(28)4)21-6-8-22(9-7-21)32-12-10-23(34-5)11-13-32/h6-9,14-16,23H,10-13H2,1-5H3. The Kier molecular flexibility index (Phi) is 6.15. The molecule has 3 heterocycles. The lowest BCUT2D eigenvalue weighted by Gasteiger charge is -2.33. The first kappa shape index (κ1) is 23.2. The molecule has 1 aliphatic rings. The van der Waals surface area contributed by atoms with Crippen LogP contribution in [0.1, 0.15) is 47.1 Å². The van der Waals surface area contributed by atoms with Gasteiger partial charge in [-0.25, -0.2) is 4.98 Å². The van der Waals surface area contributed by atoms with Gasteiger partial charge in [0.25, 0.3) is 0 Å². The summed E-state index contributed by atoms with van der Waals surface area (Å²) in [6.45, 7) is 9.42. The van der Waals surface area contributed by atoms with E-state index in [-0.39, 0.29) is 5.78 Å². The molecule has 0 aliphatic carbocycles. The van der Waals surface area contributed by atoms with Gasteiger partial charge in [-0.2, -0.15) is 0 Å². The summed E-state index contributed by atoms with van der Waals surface area (Å²) in [4.78, 5) is 20.0. The normalized spacial score (nSPS) is 14.6. The molecule has 0 atom stereocenters. The molecular weight excluding hydrogens is 438 g/mol. The zero-order valence-electron chi connectivity index (χ0n) is 21.0. The number of carbonyl (C=O) groups excluding carboxylic acids is 1. The summed E-state index contributed by atoms with van der Waals surface area (Å²) in [6.07, 6.45) is 2.43. The van der Waals surface area contributed by atoms with E-state index in [0.717, 1.165) is 76.2 Å². The second-order valence-electron chi connectivity index (χ2n) is 9.49. The second-order valence-corrected chi connectivity index (χ2v) is 9.49. The monoisotopic (exact) mass is 469 g/mol. The first-order chi connectivity index (χ1) is 16.9. The summed E-state index contributed by atoms with van der Waals surface area (Å²) >= 11 is 0. The van der Waals surface area contributed by atoms with Crippen molar-refractivity contribution in [1.82, 2.24) is 10.1 Å². The Balaban J connectivity index is 1.64. The number of aromatic nitrogens is 2. The molecular formula is C29H31N3O3. The Hall–Kier alpha value is -3.51. The molecule has 2 aromatic carbocycles. The average molecular weight is 470 g/mol. The maximum Gasteiger partial charge on any atom is 0.160 e. The Morgan fingerprint density at radius 3 is 2.37 bits per heavy atom. The molecule has 0 spiro atoms. The van der Waals surface area contributed by atoms with Gasteiger partial charge in [-0.15, -0.1) is 0 Å². The summed E-state index contributed by atoms with van der Waals surface area (Å²) in [6, 6.07) is 14.7. The van der Waals surface area contributed by atoms with E-state index in [9.17, 15) is 4.79 Å². The summed E-state index contributed by atoms with van der Waals surface area (Å²) in [5.74, 6) is 0.763. The van der Waals surface area contributed by atoms with Crippen molar-refractivity contribution in [2.45, 2.75) is 46.6 Å². The third kappa shape index (κ3) is 4.34. The lowest BCUT2D eigenvalue weighted by atomic mass is 9.93. The number of carbonyl (C=O) groups is 1. The Morgan fingerprint density at radius 1 is 1.06 bits per heavy atom. The molecule has 0 radical (unpaired) electrons. The van der Waals surface area contributed by atoms with Crippen LogP contribution >= 0.6 is 0 Å². The smallest absolute Gasteiger partial charge is 0.160 e. The molecule has 1 saturated heterocycles. The number of hydrogen-bond acceptors (Lipinski definition) is 6. The van der Waals surface area contributed by atoms with Crippen LogP contribution in [0.5, 0.6) is 0 Å². The first-order valence-electron chi connectivity index (χ1n) is 12.1. The third-order valence-corrected chi connectivity index (χ3v) is 7.05. The van der Waals surface area contributed by atoms with Gasteiger partial charge < -0.3 is 14.2 Å². The molecule has 4 aromatic rings. The number of ether oxygens (including phenoxy) is 1. The van der Waals surface area contributed by atoms with Crippen molar-refractivity contribution in [3.05, 3.63) is 65.0 Å². The Bertz CT molecular complexity index is 1380. The highest BCUT2D eigenvalue weighted by atomic mass is 16.5. The van der Waals surface area contributed by atoms with Crippen LogP contribution in [0.2, 0.25) is 0 Å². The fourth-order valence-corrected chi connectivity index (χ4v) is 5.14.